The van der Waals surface area contributed by atoms with Gasteiger partial charge in [-0.3, -0.25) is 4.90 Å². The van der Waals surface area contributed by atoms with E-state index in [1.165, 1.54) is 11.1 Å². The van der Waals surface area contributed by atoms with Crippen LogP contribution in [0.2, 0.25) is 0 Å². The smallest absolute Gasteiger partial charge is 0.0682 e. The van der Waals surface area contributed by atoms with Gasteiger partial charge in [-0.1, -0.05) is 60.7 Å². The lowest BCUT2D eigenvalue weighted by Gasteiger charge is -2.42. The first kappa shape index (κ1) is 14.9. The van der Waals surface area contributed by atoms with Gasteiger partial charge in [0.2, 0.25) is 0 Å². The first-order valence-corrected chi connectivity index (χ1v) is 8.57. The predicted molar refractivity (Wildman–Crippen MR) is 92.5 cm³/mol. The second kappa shape index (κ2) is 6.44. The molecule has 3 nitrogen and oxygen atoms in total. The molecule has 120 valence electrons. The minimum absolute atomic E-state index is 0.186. The van der Waals surface area contributed by atoms with Crippen LogP contribution in [0.4, 0.5) is 0 Å². The van der Waals surface area contributed by atoms with Crippen molar-refractivity contribution in [2.45, 2.75) is 30.5 Å². The number of fused-ring (bicyclic) bond motifs is 1. The molecule has 2 aliphatic heterocycles. The average molecular weight is 308 g/mol. The van der Waals surface area contributed by atoms with Gasteiger partial charge in [-0.15, -0.1) is 0 Å². The molecule has 0 bridgehead atoms. The third-order valence-corrected chi connectivity index (χ3v) is 5.30. The maximum atomic E-state index is 10.1. The van der Waals surface area contributed by atoms with Crippen molar-refractivity contribution in [2.75, 3.05) is 19.6 Å². The molecule has 3 atom stereocenters. The Kier molecular flexibility index (Phi) is 4.17. The van der Waals surface area contributed by atoms with Crippen LogP contribution in [0.15, 0.2) is 60.7 Å². The van der Waals surface area contributed by atoms with Crippen molar-refractivity contribution in [2.24, 2.45) is 0 Å². The summed E-state index contributed by atoms with van der Waals surface area (Å²) in [5.41, 5.74) is 2.71. The number of nitrogens with one attached hydrogen (secondary N) is 1. The van der Waals surface area contributed by atoms with Crippen molar-refractivity contribution in [3.63, 3.8) is 0 Å². The summed E-state index contributed by atoms with van der Waals surface area (Å²) < 4.78 is 0. The molecular weight excluding hydrogens is 284 g/mol. The fourth-order valence-corrected chi connectivity index (χ4v) is 4.31. The van der Waals surface area contributed by atoms with Crippen molar-refractivity contribution in [3.8, 4) is 0 Å². The van der Waals surface area contributed by atoms with Crippen LogP contribution in [-0.2, 0) is 0 Å². The summed E-state index contributed by atoms with van der Waals surface area (Å²) in [6.07, 6.45) is 0.703. The van der Waals surface area contributed by atoms with E-state index in [0.29, 0.717) is 18.0 Å². The second-order valence-electron chi connectivity index (χ2n) is 6.76. The number of hydrogen-bond donors (Lipinski definition) is 2. The molecule has 0 radical (unpaired) electrons. The molecule has 2 saturated heterocycles. The van der Waals surface area contributed by atoms with Crippen LogP contribution in [0.25, 0.3) is 0 Å². The zero-order valence-corrected chi connectivity index (χ0v) is 13.3. The second-order valence-corrected chi connectivity index (χ2v) is 6.76. The monoisotopic (exact) mass is 308 g/mol. The van der Waals surface area contributed by atoms with E-state index in [9.17, 15) is 5.11 Å². The van der Waals surface area contributed by atoms with Crippen LogP contribution in [0.5, 0.6) is 0 Å². The number of benzene rings is 2. The van der Waals surface area contributed by atoms with Gasteiger partial charge in [0.15, 0.2) is 0 Å². The molecule has 0 aromatic heterocycles. The summed E-state index contributed by atoms with van der Waals surface area (Å²) in [4.78, 5) is 2.53. The third-order valence-electron chi connectivity index (χ3n) is 5.30. The Morgan fingerprint density at radius 2 is 1.52 bits per heavy atom. The topological polar surface area (TPSA) is 35.5 Å². The largest absolute Gasteiger partial charge is 0.392 e. The van der Waals surface area contributed by atoms with Crippen LogP contribution < -0.4 is 5.32 Å². The molecule has 2 aromatic carbocycles. The summed E-state index contributed by atoms with van der Waals surface area (Å²) in [7, 11) is 0. The number of aliphatic hydroxyl groups excluding tert-OH is 1. The fraction of sp³-hybridized carbons (Fsp3) is 0.400. The van der Waals surface area contributed by atoms with Crippen LogP contribution >= 0.6 is 0 Å². The van der Waals surface area contributed by atoms with Crippen LogP contribution in [0.1, 0.15) is 23.5 Å². The van der Waals surface area contributed by atoms with Gasteiger partial charge in [0.05, 0.1) is 6.10 Å². The molecular formula is C20H24N2O. The molecule has 0 aliphatic carbocycles. The van der Waals surface area contributed by atoms with Crippen molar-refractivity contribution < 1.29 is 5.11 Å². The lowest BCUT2D eigenvalue weighted by atomic mass is 9.83. The number of aliphatic hydroxyl groups is 1. The molecule has 2 heterocycles. The molecule has 2 fully saturated rings. The van der Waals surface area contributed by atoms with Crippen LogP contribution in [-0.4, -0.2) is 47.8 Å². The molecule has 0 unspecified atom stereocenters. The SMILES string of the molecule is O[C@@H]1C[C@H]2CNC[C@@H](C(c3ccccc3)c3ccccc3)N2C1. The number of hydrogen-bond acceptors (Lipinski definition) is 3. The fourth-order valence-electron chi connectivity index (χ4n) is 4.31. The zero-order chi connectivity index (χ0) is 15.6. The van der Waals surface area contributed by atoms with Gasteiger partial charge in [-0.2, -0.15) is 0 Å². The number of nitrogens with zero attached hydrogens (tertiary/aromatic N) is 1. The Morgan fingerprint density at radius 1 is 0.913 bits per heavy atom. The molecule has 23 heavy (non-hydrogen) atoms. The molecule has 2 N–H and O–H groups in total. The van der Waals surface area contributed by atoms with E-state index in [0.717, 1.165) is 26.1 Å². The van der Waals surface area contributed by atoms with E-state index < -0.39 is 0 Å². The summed E-state index contributed by atoms with van der Waals surface area (Å²) in [5, 5.41) is 13.7. The number of piperazine rings is 1. The third kappa shape index (κ3) is 2.92. The van der Waals surface area contributed by atoms with E-state index in [2.05, 4.69) is 70.9 Å². The summed E-state index contributed by atoms with van der Waals surface area (Å²) in [5.74, 6) is 0.331. The van der Waals surface area contributed by atoms with Gasteiger partial charge >= 0.3 is 0 Å². The van der Waals surface area contributed by atoms with E-state index >= 15 is 0 Å². The molecule has 3 heteroatoms. The van der Waals surface area contributed by atoms with Crippen molar-refractivity contribution in [3.05, 3.63) is 71.8 Å². The Balaban J connectivity index is 1.73. The molecule has 2 aliphatic rings. The Labute approximate surface area is 138 Å². The lowest BCUT2D eigenvalue weighted by molar-refractivity contribution is 0.112. The maximum Gasteiger partial charge on any atom is 0.0682 e. The molecule has 0 amide bonds. The highest BCUT2D eigenvalue weighted by molar-refractivity contribution is 5.35. The quantitative estimate of drug-likeness (QED) is 0.913. The first-order chi connectivity index (χ1) is 11.3. The lowest BCUT2D eigenvalue weighted by Crippen LogP contribution is -2.56. The standard InChI is InChI=1S/C20H24N2O/c23-18-11-17-12-21-13-19(22(17)14-18)20(15-7-3-1-4-8-15)16-9-5-2-6-10-16/h1-10,17-21,23H,11-14H2/t17-,18+,19-/m0/s1. The maximum absolute atomic E-state index is 10.1. The molecule has 2 aromatic rings. The molecule has 0 saturated carbocycles. The Hall–Kier alpha value is -1.68. The first-order valence-electron chi connectivity index (χ1n) is 8.57. The Bertz CT molecular complexity index is 591. The summed E-state index contributed by atoms with van der Waals surface area (Å²) >= 11 is 0. The van der Waals surface area contributed by atoms with Crippen molar-refractivity contribution in [1.29, 1.82) is 0 Å². The van der Waals surface area contributed by atoms with E-state index in [1.807, 2.05) is 0 Å². The number of rotatable bonds is 3. The van der Waals surface area contributed by atoms with E-state index in [4.69, 9.17) is 0 Å². The van der Waals surface area contributed by atoms with E-state index in [-0.39, 0.29) is 6.10 Å². The van der Waals surface area contributed by atoms with E-state index in [1.54, 1.807) is 0 Å². The zero-order valence-electron chi connectivity index (χ0n) is 13.3. The van der Waals surface area contributed by atoms with Gasteiger partial charge in [-0.25, -0.2) is 0 Å². The van der Waals surface area contributed by atoms with Gasteiger partial charge in [0.1, 0.15) is 0 Å². The van der Waals surface area contributed by atoms with Gasteiger partial charge in [0, 0.05) is 37.6 Å². The van der Waals surface area contributed by atoms with Gasteiger partial charge in [-0.05, 0) is 17.5 Å². The summed E-state index contributed by atoms with van der Waals surface area (Å²) in [6, 6.07) is 22.4. The molecule has 0 spiro atoms. The molecule has 4 rings (SSSR count). The highest BCUT2D eigenvalue weighted by Crippen LogP contribution is 2.35. The van der Waals surface area contributed by atoms with Gasteiger partial charge < -0.3 is 10.4 Å². The normalized spacial score (nSPS) is 28.0. The van der Waals surface area contributed by atoms with Crippen molar-refractivity contribution in [1.82, 2.24) is 10.2 Å². The highest BCUT2D eigenvalue weighted by atomic mass is 16.3. The average Bonchev–Trinajstić information content (AvgIpc) is 2.98. The minimum atomic E-state index is -0.186. The van der Waals surface area contributed by atoms with Gasteiger partial charge in [0.25, 0.3) is 0 Å². The predicted octanol–water partition coefficient (Wildman–Crippen LogP) is 2.23. The van der Waals surface area contributed by atoms with Crippen molar-refractivity contribution >= 4 is 0 Å². The van der Waals surface area contributed by atoms with Crippen LogP contribution in [0.3, 0.4) is 0 Å². The minimum Gasteiger partial charge on any atom is -0.392 e. The highest BCUT2D eigenvalue weighted by Gasteiger charge is 2.41. The van der Waals surface area contributed by atoms with Crippen LogP contribution in [0, 0.1) is 0 Å². The Morgan fingerprint density at radius 3 is 2.13 bits per heavy atom. The summed E-state index contributed by atoms with van der Waals surface area (Å²) in [6.45, 7) is 2.76.